The lowest BCUT2D eigenvalue weighted by molar-refractivity contribution is -0.125. The highest BCUT2D eigenvalue weighted by atomic mass is 16.5. The van der Waals surface area contributed by atoms with E-state index in [4.69, 9.17) is 4.74 Å². The van der Waals surface area contributed by atoms with Crippen LogP contribution in [0.25, 0.3) is 0 Å². The largest absolute Gasteiger partial charge is 0.376 e. The summed E-state index contributed by atoms with van der Waals surface area (Å²) in [5.74, 6) is -0.690. The van der Waals surface area contributed by atoms with Gasteiger partial charge in [0.2, 0.25) is 5.91 Å². The number of aromatic nitrogens is 1. The molecule has 2 aromatic rings. The highest BCUT2D eigenvalue weighted by molar-refractivity contribution is 6.23. The number of piperidine rings is 1. The molecule has 3 aliphatic rings. The van der Waals surface area contributed by atoms with Crippen LogP contribution >= 0.6 is 0 Å². The fourth-order valence-electron chi connectivity index (χ4n) is 4.97. The monoisotopic (exact) mass is 448 g/mol. The summed E-state index contributed by atoms with van der Waals surface area (Å²) in [5.41, 5.74) is 2.45. The van der Waals surface area contributed by atoms with Gasteiger partial charge in [0.1, 0.15) is 0 Å². The third kappa shape index (κ3) is 4.35. The summed E-state index contributed by atoms with van der Waals surface area (Å²) in [6.45, 7) is 2.80. The van der Waals surface area contributed by atoms with Crippen molar-refractivity contribution >= 4 is 23.4 Å². The Morgan fingerprint density at radius 2 is 1.94 bits per heavy atom. The maximum Gasteiger partial charge on any atom is 0.263 e. The number of amides is 3. The number of rotatable bonds is 6. The van der Waals surface area contributed by atoms with E-state index in [2.05, 4.69) is 15.2 Å². The summed E-state index contributed by atoms with van der Waals surface area (Å²) in [6, 6.07) is 9.01. The van der Waals surface area contributed by atoms with E-state index in [1.807, 2.05) is 12.1 Å². The summed E-state index contributed by atoms with van der Waals surface area (Å²) in [4.78, 5) is 46.5. The van der Waals surface area contributed by atoms with Crippen LogP contribution in [0.4, 0.5) is 5.69 Å². The minimum absolute atomic E-state index is 0.0319. The Balaban J connectivity index is 1.31. The molecule has 0 bridgehead atoms. The first-order chi connectivity index (χ1) is 16.1. The second kappa shape index (κ2) is 9.31. The van der Waals surface area contributed by atoms with Gasteiger partial charge in [0.15, 0.2) is 0 Å². The van der Waals surface area contributed by atoms with Crippen LogP contribution in [0.2, 0.25) is 0 Å². The van der Waals surface area contributed by atoms with Crippen molar-refractivity contribution in [1.29, 1.82) is 0 Å². The number of nitrogens with one attached hydrogen (secondary N) is 1. The van der Waals surface area contributed by atoms with Crippen LogP contribution in [0.3, 0.4) is 0 Å². The van der Waals surface area contributed by atoms with Crippen LogP contribution in [0.5, 0.6) is 0 Å². The predicted molar refractivity (Wildman–Crippen MR) is 122 cm³/mol. The molecule has 0 unspecified atom stereocenters. The molecule has 8 nitrogen and oxygen atoms in total. The van der Waals surface area contributed by atoms with Crippen molar-refractivity contribution in [2.75, 3.05) is 31.1 Å². The molecule has 0 spiro atoms. The maximum atomic E-state index is 13.3. The Morgan fingerprint density at radius 1 is 1.09 bits per heavy atom. The highest BCUT2D eigenvalue weighted by Gasteiger charge is 2.39. The molecule has 1 N–H and O–H groups in total. The number of benzene rings is 1. The zero-order valence-electron chi connectivity index (χ0n) is 18.5. The van der Waals surface area contributed by atoms with Crippen molar-refractivity contribution in [2.45, 2.75) is 38.3 Å². The number of carbonyl (C=O) groups excluding carboxylic acids is 3. The van der Waals surface area contributed by atoms with Gasteiger partial charge in [-0.1, -0.05) is 6.07 Å². The van der Waals surface area contributed by atoms with Crippen LogP contribution in [-0.2, 0) is 16.1 Å². The molecular formula is C25H28N4O4. The molecule has 33 heavy (non-hydrogen) atoms. The Kier molecular flexibility index (Phi) is 6.09. The van der Waals surface area contributed by atoms with E-state index in [9.17, 15) is 14.4 Å². The number of fused-ring (bicyclic) bond motifs is 1. The highest BCUT2D eigenvalue weighted by Crippen LogP contribution is 2.34. The summed E-state index contributed by atoms with van der Waals surface area (Å²) in [5, 5.41) is 3.04. The fourth-order valence-corrected chi connectivity index (χ4v) is 4.97. The molecular weight excluding hydrogens is 420 g/mol. The lowest BCUT2D eigenvalue weighted by atomic mass is 9.95. The van der Waals surface area contributed by atoms with E-state index in [1.54, 1.807) is 30.6 Å². The van der Waals surface area contributed by atoms with Crippen LogP contribution in [0, 0.1) is 5.92 Å². The van der Waals surface area contributed by atoms with Crippen molar-refractivity contribution < 1.29 is 19.1 Å². The van der Waals surface area contributed by atoms with Gasteiger partial charge in [0, 0.05) is 38.6 Å². The topological polar surface area (TPSA) is 91.8 Å². The second-order valence-corrected chi connectivity index (χ2v) is 8.92. The van der Waals surface area contributed by atoms with Crippen molar-refractivity contribution in [1.82, 2.24) is 15.2 Å². The summed E-state index contributed by atoms with van der Waals surface area (Å²) < 4.78 is 5.60. The summed E-state index contributed by atoms with van der Waals surface area (Å²) in [6.07, 6.45) is 7.10. The minimum atomic E-state index is -0.285. The van der Waals surface area contributed by atoms with Crippen molar-refractivity contribution in [3.8, 4) is 0 Å². The van der Waals surface area contributed by atoms with E-state index in [0.29, 0.717) is 24.2 Å². The number of anilines is 1. The molecule has 1 aromatic carbocycles. The molecule has 2 saturated heterocycles. The Labute approximate surface area is 192 Å². The number of hydrogen-bond donors (Lipinski definition) is 1. The molecule has 3 aliphatic heterocycles. The number of hydrogen-bond acceptors (Lipinski definition) is 6. The van der Waals surface area contributed by atoms with Gasteiger partial charge in [-0.2, -0.15) is 0 Å². The third-order valence-corrected chi connectivity index (χ3v) is 6.73. The van der Waals surface area contributed by atoms with Gasteiger partial charge in [-0.15, -0.1) is 0 Å². The van der Waals surface area contributed by atoms with Gasteiger partial charge in [-0.05, 0) is 55.5 Å². The Bertz CT molecular complexity index is 1050. The maximum absolute atomic E-state index is 13.3. The van der Waals surface area contributed by atoms with Gasteiger partial charge in [0.25, 0.3) is 11.8 Å². The van der Waals surface area contributed by atoms with Crippen molar-refractivity contribution in [3.63, 3.8) is 0 Å². The molecule has 3 amide bonds. The lowest BCUT2D eigenvalue weighted by Crippen LogP contribution is -2.45. The number of carbonyl (C=O) groups is 3. The van der Waals surface area contributed by atoms with Crippen LogP contribution in [0.1, 0.15) is 52.0 Å². The molecule has 1 aromatic heterocycles. The van der Waals surface area contributed by atoms with Crippen LogP contribution < -0.4 is 10.2 Å². The molecule has 0 aliphatic carbocycles. The second-order valence-electron chi connectivity index (χ2n) is 8.92. The van der Waals surface area contributed by atoms with E-state index in [1.165, 1.54) is 4.90 Å². The number of imide groups is 1. The first-order valence-corrected chi connectivity index (χ1v) is 11.6. The fraction of sp³-hybridized carbons (Fsp3) is 0.440. The summed E-state index contributed by atoms with van der Waals surface area (Å²) >= 11 is 0. The summed E-state index contributed by atoms with van der Waals surface area (Å²) in [7, 11) is 0. The predicted octanol–water partition coefficient (Wildman–Crippen LogP) is 2.39. The quantitative estimate of drug-likeness (QED) is 0.683. The van der Waals surface area contributed by atoms with Gasteiger partial charge >= 0.3 is 0 Å². The van der Waals surface area contributed by atoms with E-state index < -0.39 is 0 Å². The number of nitrogens with zero attached hydrogens (tertiary/aromatic N) is 3. The van der Waals surface area contributed by atoms with Crippen LogP contribution in [0.15, 0.2) is 42.7 Å². The van der Waals surface area contributed by atoms with E-state index in [-0.39, 0.29) is 36.3 Å². The Morgan fingerprint density at radius 3 is 2.73 bits per heavy atom. The minimum Gasteiger partial charge on any atom is -0.376 e. The smallest absolute Gasteiger partial charge is 0.263 e. The average molecular weight is 449 g/mol. The first kappa shape index (κ1) is 21.6. The Hall–Kier alpha value is -3.26. The van der Waals surface area contributed by atoms with E-state index in [0.717, 1.165) is 50.1 Å². The van der Waals surface area contributed by atoms with Gasteiger partial charge in [-0.3, -0.25) is 24.3 Å². The molecule has 5 rings (SSSR count). The van der Waals surface area contributed by atoms with Crippen molar-refractivity contribution in [2.24, 2.45) is 5.92 Å². The molecule has 0 radical (unpaired) electrons. The number of pyridine rings is 1. The molecule has 2 fully saturated rings. The van der Waals surface area contributed by atoms with Gasteiger partial charge in [0.05, 0.1) is 35.4 Å². The van der Waals surface area contributed by atoms with Gasteiger partial charge < -0.3 is 15.0 Å². The molecule has 2 atom stereocenters. The first-order valence-electron chi connectivity index (χ1n) is 11.6. The zero-order valence-corrected chi connectivity index (χ0v) is 18.5. The van der Waals surface area contributed by atoms with Crippen LogP contribution in [-0.4, -0.2) is 60.0 Å². The molecule has 0 saturated carbocycles. The molecule has 8 heteroatoms. The number of ether oxygens (including phenoxy) is 1. The van der Waals surface area contributed by atoms with E-state index >= 15 is 0 Å². The lowest BCUT2D eigenvalue weighted by Gasteiger charge is -2.34. The molecule has 172 valence electrons. The van der Waals surface area contributed by atoms with Gasteiger partial charge in [-0.25, -0.2) is 0 Å². The third-order valence-electron chi connectivity index (χ3n) is 6.73. The SMILES string of the molecule is O=C(NC[C@H]1CCCO1)[C@H]1CCCN(c2cccc3c2C(=O)N(Cc2ccncc2)C3=O)C1. The zero-order chi connectivity index (χ0) is 22.8. The normalized spacial score (nSPS) is 22.5. The molecule has 4 heterocycles. The average Bonchev–Trinajstić information content (AvgIpc) is 3.46. The van der Waals surface area contributed by atoms with Crippen molar-refractivity contribution in [3.05, 3.63) is 59.4 Å². The standard InChI is InChI=1S/C25H28N4O4/c30-23(27-14-19-5-3-13-33-19)18-4-2-12-28(16-18)21-7-1-6-20-22(21)25(32)29(24(20)31)15-17-8-10-26-11-9-17/h1,6-11,18-19H,2-5,12-16H2,(H,27,30)/t18-,19+/m0/s1.